The van der Waals surface area contributed by atoms with Crippen molar-refractivity contribution in [3.8, 4) is 0 Å². The summed E-state index contributed by atoms with van der Waals surface area (Å²) in [5.41, 5.74) is 2.94. The van der Waals surface area contributed by atoms with Crippen molar-refractivity contribution >= 4 is 11.6 Å². The van der Waals surface area contributed by atoms with Crippen LogP contribution in [0.15, 0.2) is 18.2 Å². The molecule has 1 amide bonds. The van der Waals surface area contributed by atoms with E-state index >= 15 is 0 Å². The number of anilines is 1. The Morgan fingerprint density at radius 2 is 2.11 bits per heavy atom. The molecule has 4 nitrogen and oxygen atoms in total. The normalized spacial score (nSPS) is 10.6. The molecule has 0 spiro atoms. The molecule has 19 heavy (non-hydrogen) atoms. The zero-order valence-electron chi connectivity index (χ0n) is 12.2. The fourth-order valence-corrected chi connectivity index (χ4v) is 1.78. The van der Waals surface area contributed by atoms with E-state index in [4.69, 9.17) is 5.11 Å². The molecule has 0 bridgehead atoms. The zero-order chi connectivity index (χ0) is 14.4. The Balaban J connectivity index is 2.60. The number of hydrogen-bond acceptors (Lipinski definition) is 3. The number of carbonyl (C=O) groups excluding carboxylic acids is 1. The summed E-state index contributed by atoms with van der Waals surface area (Å²) in [4.78, 5) is 13.7. The minimum atomic E-state index is 0.0279. The average molecular weight is 264 g/mol. The molecule has 0 heterocycles. The van der Waals surface area contributed by atoms with Crippen LogP contribution in [0.25, 0.3) is 0 Å². The predicted octanol–water partition coefficient (Wildman–Crippen LogP) is 1.70. The molecule has 2 N–H and O–H groups in total. The third kappa shape index (κ3) is 4.91. The molecule has 0 aliphatic rings. The third-order valence-corrected chi connectivity index (χ3v) is 3.03. The molecule has 0 aliphatic heterocycles. The van der Waals surface area contributed by atoms with E-state index in [1.54, 1.807) is 0 Å². The predicted molar refractivity (Wildman–Crippen MR) is 78.2 cm³/mol. The number of aliphatic hydroxyl groups excluding tert-OH is 1. The first kappa shape index (κ1) is 15.5. The van der Waals surface area contributed by atoms with Gasteiger partial charge in [0.05, 0.1) is 13.2 Å². The molecule has 0 aliphatic carbocycles. The second-order valence-electron chi connectivity index (χ2n) is 5.32. The van der Waals surface area contributed by atoms with Crippen molar-refractivity contribution in [2.75, 3.05) is 25.0 Å². The summed E-state index contributed by atoms with van der Waals surface area (Å²) in [6.07, 6.45) is 0. The van der Waals surface area contributed by atoms with Crippen molar-refractivity contribution in [3.05, 3.63) is 29.3 Å². The molecule has 0 saturated carbocycles. The minimum Gasteiger partial charge on any atom is -0.392 e. The highest BCUT2D eigenvalue weighted by Gasteiger charge is 2.09. The molecular weight excluding hydrogens is 240 g/mol. The van der Waals surface area contributed by atoms with Crippen LogP contribution in [0.2, 0.25) is 0 Å². The Morgan fingerprint density at radius 1 is 1.42 bits per heavy atom. The van der Waals surface area contributed by atoms with Crippen molar-refractivity contribution in [1.82, 2.24) is 5.32 Å². The van der Waals surface area contributed by atoms with Gasteiger partial charge in [0.25, 0.3) is 0 Å². The number of rotatable bonds is 6. The summed E-state index contributed by atoms with van der Waals surface area (Å²) in [6.45, 7) is 7.19. The Bertz CT molecular complexity index is 430. The van der Waals surface area contributed by atoms with Crippen molar-refractivity contribution in [3.63, 3.8) is 0 Å². The number of carbonyl (C=O) groups is 1. The van der Waals surface area contributed by atoms with Crippen LogP contribution in [0.1, 0.15) is 25.0 Å². The fourth-order valence-electron chi connectivity index (χ4n) is 1.78. The fraction of sp³-hybridized carbons (Fsp3) is 0.533. The number of likely N-dealkylation sites (N-methyl/N-ethyl adjacent to an activating group) is 1. The van der Waals surface area contributed by atoms with Crippen LogP contribution in [0, 0.1) is 12.8 Å². The van der Waals surface area contributed by atoms with E-state index in [1.165, 1.54) is 0 Å². The second kappa shape index (κ2) is 7.14. The number of nitrogens with zero attached hydrogens (tertiary/aromatic N) is 1. The van der Waals surface area contributed by atoms with Gasteiger partial charge in [0, 0.05) is 19.3 Å². The van der Waals surface area contributed by atoms with Crippen LogP contribution in [0.3, 0.4) is 0 Å². The summed E-state index contributed by atoms with van der Waals surface area (Å²) >= 11 is 0. The maximum atomic E-state index is 11.7. The number of amides is 1. The Morgan fingerprint density at radius 3 is 2.63 bits per heavy atom. The zero-order valence-corrected chi connectivity index (χ0v) is 12.2. The number of aliphatic hydroxyl groups is 1. The van der Waals surface area contributed by atoms with Crippen molar-refractivity contribution in [2.24, 2.45) is 5.92 Å². The van der Waals surface area contributed by atoms with Gasteiger partial charge in [-0.1, -0.05) is 19.9 Å². The highest BCUT2D eigenvalue weighted by molar-refractivity contribution is 5.81. The Hall–Kier alpha value is -1.55. The molecule has 0 aromatic heterocycles. The largest absolute Gasteiger partial charge is 0.392 e. The van der Waals surface area contributed by atoms with E-state index in [2.05, 4.69) is 19.2 Å². The number of benzene rings is 1. The Kier molecular flexibility index (Phi) is 5.83. The van der Waals surface area contributed by atoms with Gasteiger partial charge in [-0.05, 0) is 36.1 Å². The van der Waals surface area contributed by atoms with E-state index < -0.39 is 0 Å². The molecule has 1 aromatic carbocycles. The van der Waals surface area contributed by atoms with Gasteiger partial charge < -0.3 is 15.3 Å². The van der Waals surface area contributed by atoms with Gasteiger partial charge in [0.2, 0.25) is 5.91 Å². The average Bonchev–Trinajstić information content (AvgIpc) is 2.36. The van der Waals surface area contributed by atoms with E-state index in [-0.39, 0.29) is 12.5 Å². The Labute approximate surface area is 115 Å². The van der Waals surface area contributed by atoms with Crippen LogP contribution in [-0.2, 0) is 11.4 Å². The van der Waals surface area contributed by atoms with Gasteiger partial charge in [-0.3, -0.25) is 4.79 Å². The van der Waals surface area contributed by atoms with Gasteiger partial charge in [0.1, 0.15) is 0 Å². The van der Waals surface area contributed by atoms with E-state index in [1.807, 2.05) is 37.1 Å². The number of hydrogen-bond donors (Lipinski definition) is 2. The van der Waals surface area contributed by atoms with Crippen LogP contribution in [-0.4, -0.2) is 31.2 Å². The summed E-state index contributed by atoms with van der Waals surface area (Å²) in [5, 5.41) is 12.0. The lowest BCUT2D eigenvalue weighted by Gasteiger charge is -2.20. The highest BCUT2D eigenvalue weighted by Crippen LogP contribution is 2.18. The molecule has 0 saturated heterocycles. The summed E-state index contributed by atoms with van der Waals surface area (Å²) in [7, 11) is 1.89. The second-order valence-corrected chi connectivity index (χ2v) is 5.32. The monoisotopic (exact) mass is 264 g/mol. The van der Waals surface area contributed by atoms with Crippen LogP contribution >= 0.6 is 0 Å². The van der Waals surface area contributed by atoms with E-state index in [9.17, 15) is 4.79 Å². The SMILES string of the molecule is Cc1cc(N(C)CC(=O)NCC(C)C)ccc1CO. The van der Waals surface area contributed by atoms with Gasteiger partial charge in [-0.2, -0.15) is 0 Å². The smallest absolute Gasteiger partial charge is 0.239 e. The summed E-state index contributed by atoms with van der Waals surface area (Å²) in [6, 6.07) is 5.81. The quantitative estimate of drug-likeness (QED) is 0.822. The number of aryl methyl sites for hydroxylation is 1. The van der Waals surface area contributed by atoms with Gasteiger partial charge in [-0.25, -0.2) is 0 Å². The maximum Gasteiger partial charge on any atom is 0.239 e. The molecule has 0 unspecified atom stereocenters. The molecular formula is C15H24N2O2. The van der Waals surface area contributed by atoms with Crippen LogP contribution in [0.4, 0.5) is 5.69 Å². The molecule has 106 valence electrons. The number of nitrogens with one attached hydrogen (secondary N) is 1. The highest BCUT2D eigenvalue weighted by atomic mass is 16.3. The third-order valence-electron chi connectivity index (χ3n) is 3.03. The lowest BCUT2D eigenvalue weighted by Crippen LogP contribution is -2.36. The van der Waals surface area contributed by atoms with E-state index in [0.717, 1.165) is 16.8 Å². The first-order valence-electron chi connectivity index (χ1n) is 6.62. The first-order chi connectivity index (χ1) is 8.93. The van der Waals surface area contributed by atoms with Gasteiger partial charge in [0.15, 0.2) is 0 Å². The van der Waals surface area contributed by atoms with Crippen LogP contribution in [0.5, 0.6) is 0 Å². The topological polar surface area (TPSA) is 52.6 Å². The molecule has 0 atom stereocenters. The minimum absolute atomic E-state index is 0.0279. The lowest BCUT2D eigenvalue weighted by atomic mass is 10.1. The van der Waals surface area contributed by atoms with Crippen molar-refractivity contribution < 1.29 is 9.90 Å². The van der Waals surface area contributed by atoms with Crippen molar-refractivity contribution in [2.45, 2.75) is 27.4 Å². The van der Waals surface area contributed by atoms with Crippen molar-refractivity contribution in [1.29, 1.82) is 0 Å². The van der Waals surface area contributed by atoms with Gasteiger partial charge >= 0.3 is 0 Å². The molecule has 0 radical (unpaired) electrons. The molecule has 1 rings (SSSR count). The molecule has 0 fully saturated rings. The first-order valence-corrected chi connectivity index (χ1v) is 6.62. The van der Waals surface area contributed by atoms with Crippen LogP contribution < -0.4 is 10.2 Å². The maximum absolute atomic E-state index is 11.7. The van der Waals surface area contributed by atoms with Gasteiger partial charge in [-0.15, -0.1) is 0 Å². The molecule has 4 heteroatoms. The standard InChI is InChI=1S/C15H24N2O2/c1-11(2)8-16-15(19)9-17(4)14-6-5-13(10-18)12(3)7-14/h5-7,11,18H,8-10H2,1-4H3,(H,16,19). The summed E-state index contributed by atoms with van der Waals surface area (Å²) < 4.78 is 0. The lowest BCUT2D eigenvalue weighted by molar-refractivity contribution is -0.119. The summed E-state index contributed by atoms with van der Waals surface area (Å²) in [5.74, 6) is 0.487. The van der Waals surface area contributed by atoms with E-state index in [0.29, 0.717) is 19.0 Å². The molecule has 1 aromatic rings.